The minimum Gasteiger partial charge on any atom is -0.480 e. The van der Waals surface area contributed by atoms with E-state index in [1.807, 2.05) is 50.2 Å². The molecule has 1 N–H and O–H groups in total. The Kier molecular flexibility index (Phi) is 6.62. The summed E-state index contributed by atoms with van der Waals surface area (Å²) in [6.45, 7) is 2.68. The Labute approximate surface area is 125 Å². The van der Waals surface area contributed by atoms with Crippen LogP contribution in [0.3, 0.4) is 0 Å². The molecule has 0 spiro atoms. The Morgan fingerprint density at radius 3 is 2.43 bits per heavy atom. The molecule has 1 aromatic rings. The van der Waals surface area contributed by atoms with Gasteiger partial charge in [0.1, 0.15) is 6.54 Å². The van der Waals surface area contributed by atoms with Crippen LogP contribution in [0.5, 0.6) is 0 Å². The summed E-state index contributed by atoms with van der Waals surface area (Å²) in [7, 11) is 3.76. The van der Waals surface area contributed by atoms with E-state index in [0.717, 1.165) is 11.1 Å². The van der Waals surface area contributed by atoms with Crippen LogP contribution in [0.2, 0.25) is 0 Å². The SMILES string of the molecule is Cc1ccccc1/C=C/C(=O)N(CCN(C)C)CC(=O)O. The lowest BCUT2D eigenvalue weighted by Crippen LogP contribution is -2.39. The van der Waals surface area contributed by atoms with Gasteiger partial charge in [-0.3, -0.25) is 9.59 Å². The first-order chi connectivity index (χ1) is 9.90. The van der Waals surface area contributed by atoms with E-state index < -0.39 is 5.97 Å². The fourth-order valence-corrected chi connectivity index (χ4v) is 1.79. The molecule has 21 heavy (non-hydrogen) atoms. The average Bonchev–Trinajstić information content (AvgIpc) is 2.41. The second kappa shape index (κ2) is 8.21. The molecule has 114 valence electrons. The lowest BCUT2D eigenvalue weighted by Gasteiger charge is -2.21. The quantitative estimate of drug-likeness (QED) is 0.773. The highest BCUT2D eigenvalue weighted by atomic mass is 16.4. The summed E-state index contributed by atoms with van der Waals surface area (Å²) in [4.78, 5) is 26.2. The summed E-state index contributed by atoms with van der Waals surface area (Å²) in [6, 6.07) is 7.71. The maximum Gasteiger partial charge on any atom is 0.323 e. The maximum absolute atomic E-state index is 12.1. The normalized spacial score (nSPS) is 11.0. The van der Waals surface area contributed by atoms with E-state index in [1.165, 1.54) is 11.0 Å². The van der Waals surface area contributed by atoms with Crippen molar-refractivity contribution in [1.82, 2.24) is 9.80 Å². The van der Waals surface area contributed by atoms with Crippen LogP contribution in [0.25, 0.3) is 6.08 Å². The molecule has 5 heteroatoms. The molecule has 0 unspecified atom stereocenters. The lowest BCUT2D eigenvalue weighted by atomic mass is 10.1. The lowest BCUT2D eigenvalue weighted by molar-refractivity contribution is -0.142. The molecular formula is C16H22N2O3. The zero-order chi connectivity index (χ0) is 15.8. The third-order valence-corrected chi connectivity index (χ3v) is 3.05. The van der Waals surface area contributed by atoms with Gasteiger partial charge >= 0.3 is 5.97 Å². The third kappa shape index (κ3) is 6.23. The molecule has 0 saturated carbocycles. The van der Waals surface area contributed by atoms with E-state index in [4.69, 9.17) is 5.11 Å². The van der Waals surface area contributed by atoms with Gasteiger partial charge in [-0.15, -0.1) is 0 Å². The van der Waals surface area contributed by atoms with Gasteiger partial charge in [0.25, 0.3) is 0 Å². The van der Waals surface area contributed by atoms with E-state index >= 15 is 0 Å². The number of aliphatic carboxylic acids is 1. The number of carboxylic acids is 1. The highest BCUT2D eigenvalue weighted by Gasteiger charge is 2.14. The number of hydrogen-bond donors (Lipinski definition) is 1. The fourth-order valence-electron chi connectivity index (χ4n) is 1.79. The van der Waals surface area contributed by atoms with E-state index in [2.05, 4.69) is 0 Å². The summed E-state index contributed by atoms with van der Waals surface area (Å²) in [6.07, 6.45) is 3.16. The van der Waals surface area contributed by atoms with E-state index in [-0.39, 0.29) is 12.5 Å². The summed E-state index contributed by atoms with van der Waals surface area (Å²) in [5.41, 5.74) is 2.02. The standard InChI is InChI=1S/C16H22N2O3/c1-13-6-4-5-7-14(13)8-9-15(19)18(12-16(20)21)11-10-17(2)3/h4-9H,10-12H2,1-3H3,(H,20,21)/b9-8+. The second-order valence-electron chi connectivity index (χ2n) is 5.15. The van der Waals surface area contributed by atoms with Gasteiger partial charge in [0.2, 0.25) is 5.91 Å². The third-order valence-electron chi connectivity index (χ3n) is 3.05. The molecule has 1 rings (SSSR count). The average molecular weight is 290 g/mol. The van der Waals surface area contributed by atoms with Crippen LogP contribution in [-0.2, 0) is 9.59 Å². The number of hydrogen-bond acceptors (Lipinski definition) is 3. The van der Waals surface area contributed by atoms with Crippen molar-refractivity contribution in [3.63, 3.8) is 0 Å². The van der Waals surface area contributed by atoms with Crippen LogP contribution in [-0.4, -0.2) is 60.5 Å². The Morgan fingerprint density at radius 1 is 1.19 bits per heavy atom. The highest BCUT2D eigenvalue weighted by molar-refractivity contribution is 5.93. The Morgan fingerprint density at radius 2 is 1.86 bits per heavy atom. The largest absolute Gasteiger partial charge is 0.480 e. The van der Waals surface area contributed by atoms with Gasteiger partial charge in [-0.2, -0.15) is 0 Å². The summed E-state index contributed by atoms with van der Waals surface area (Å²) < 4.78 is 0. The van der Waals surface area contributed by atoms with Crippen molar-refractivity contribution in [1.29, 1.82) is 0 Å². The minimum absolute atomic E-state index is 0.287. The number of amides is 1. The molecule has 0 aromatic heterocycles. The van der Waals surface area contributed by atoms with Crippen LogP contribution >= 0.6 is 0 Å². The molecule has 0 fully saturated rings. The van der Waals surface area contributed by atoms with Crippen molar-refractivity contribution < 1.29 is 14.7 Å². The zero-order valence-electron chi connectivity index (χ0n) is 12.7. The van der Waals surface area contributed by atoms with Gasteiger partial charge in [0, 0.05) is 19.2 Å². The molecule has 0 heterocycles. The van der Waals surface area contributed by atoms with Crippen LogP contribution in [0.1, 0.15) is 11.1 Å². The number of likely N-dealkylation sites (N-methyl/N-ethyl adjacent to an activating group) is 1. The maximum atomic E-state index is 12.1. The number of carboxylic acid groups (broad SMARTS) is 1. The Balaban J connectivity index is 2.75. The minimum atomic E-state index is -1.01. The van der Waals surface area contributed by atoms with Crippen molar-refractivity contribution in [2.75, 3.05) is 33.7 Å². The zero-order valence-corrected chi connectivity index (χ0v) is 12.7. The van der Waals surface area contributed by atoms with E-state index in [0.29, 0.717) is 13.1 Å². The predicted octanol–water partition coefficient (Wildman–Crippen LogP) is 1.48. The van der Waals surface area contributed by atoms with Crippen LogP contribution in [0.4, 0.5) is 0 Å². The molecule has 0 aliphatic carbocycles. The van der Waals surface area contributed by atoms with Crippen molar-refractivity contribution in [3.8, 4) is 0 Å². The van der Waals surface area contributed by atoms with Gasteiger partial charge in [-0.05, 0) is 38.2 Å². The number of aryl methyl sites for hydroxylation is 1. The smallest absolute Gasteiger partial charge is 0.323 e. The first-order valence-electron chi connectivity index (χ1n) is 6.79. The Bertz CT molecular complexity index is 524. The highest BCUT2D eigenvalue weighted by Crippen LogP contribution is 2.09. The topological polar surface area (TPSA) is 60.9 Å². The Hall–Kier alpha value is -2.14. The second-order valence-corrected chi connectivity index (χ2v) is 5.15. The molecule has 0 aliphatic rings. The number of nitrogens with zero attached hydrogens (tertiary/aromatic N) is 2. The monoisotopic (exact) mass is 290 g/mol. The number of carbonyl (C=O) groups is 2. The first-order valence-corrected chi connectivity index (χ1v) is 6.79. The van der Waals surface area contributed by atoms with Gasteiger partial charge in [0.15, 0.2) is 0 Å². The molecule has 1 amide bonds. The summed E-state index contributed by atoms with van der Waals surface area (Å²) in [5.74, 6) is -1.30. The number of benzene rings is 1. The van der Waals surface area contributed by atoms with Crippen molar-refractivity contribution >= 4 is 18.0 Å². The van der Waals surface area contributed by atoms with E-state index in [1.54, 1.807) is 6.08 Å². The fraction of sp³-hybridized carbons (Fsp3) is 0.375. The van der Waals surface area contributed by atoms with Gasteiger partial charge in [-0.25, -0.2) is 0 Å². The predicted molar refractivity (Wildman–Crippen MR) is 83.0 cm³/mol. The van der Waals surface area contributed by atoms with Crippen molar-refractivity contribution in [2.45, 2.75) is 6.92 Å². The van der Waals surface area contributed by atoms with Crippen LogP contribution < -0.4 is 0 Å². The van der Waals surface area contributed by atoms with Gasteiger partial charge in [-0.1, -0.05) is 24.3 Å². The summed E-state index contributed by atoms with van der Waals surface area (Å²) in [5, 5.41) is 8.90. The number of rotatable bonds is 7. The van der Waals surface area contributed by atoms with Gasteiger partial charge in [0.05, 0.1) is 0 Å². The van der Waals surface area contributed by atoms with E-state index in [9.17, 15) is 9.59 Å². The van der Waals surface area contributed by atoms with Crippen molar-refractivity contribution in [3.05, 3.63) is 41.5 Å². The number of carbonyl (C=O) groups excluding carboxylic acids is 1. The molecule has 5 nitrogen and oxygen atoms in total. The van der Waals surface area contributed by atoms with Gasteiger partial charge < -0.3 is 14.9 Å². The molecule has 0 saturated heterocycles. The molecule has 0 bridgehead atoms. The summed E-state index contributed by atoms with van der Waals surface area (Å²) >= 11 is 0. The van der Waals surface area contributed by atoms with Crippen molar-refractivity contribution in [2.24, 2.45) is 0 Å². The molecule has 0 atom stereocenters. The van der Waals surface area contributed by atoms with Crippen LogP contribution in [0, 0.1) is 6.92 Å². The molecule has 1 aromatic carbocycles. The molecular weight excluding hydrogens is 268 g/mol. The first kappa shape index (κ1) is 16.9. The molecule has 0 radical (unpaired) electrons. The molecule has 0 aliphatic heterocycles. The van der Waals surface area contributed by atoms with Crippen LogP contribution in [0.15, 0.2) is 30.3 Å².